The van der Waals surface area contributed by atoms with Crippen LogP contribution >= 0.6 is 49.3 Å². The van der Waals surface area contributed by atoms with Crippen LogP contribution < -0.4 is 21.0 Å². The zero-order valence-electron chi connectivity index (χ0n) is 33.4. The molecule has 3 fully saturated rings. The third-order valence-electron chi connectivity index (χ3n) is 8.32. The van der Waals surface area contributed by atoms with E-state index in [1.165, 1.54) is 0 Å². The third kappa shape index (κ3) is 21.6. The van der Waals surface area contributed by atoms with Crippen molar-refractivity contribution in [2.24, 2.45) is 0 Å². The molecule has 0 bridgehead atoms. The molecule has 0 aromatic rings. The number of methoxy groups -OCH3 is 3. The molecule has 410 valence electrons. The highest BCUT2D eigenvalue weighted by Gasteiger charge is 2.58. The zero-order chi connectivity index (χ0) is 51.6. The average molecular weight is 1180 g/mol. The molecule has 3 saturated heterocycles. The van der Waals surface area contributed by atoms with Gasteiger partial charge in [-0.25, -0.2) is 33.7 Å². The van der Waals surface area contributed by atoms with E-state index >= 15 is 0 Å². The van der Waals surface area contributed by atoms with E-state index < -0.39 is 191 Å². The minimum atomic E-state index is -6.13. The van der Waals surface area contributed by atoms with Gasteiger partial charge in [0.25, 0.3) is 0 Å². The predicted molar refractivity (Wildman–Crippen MR) is 184 cm³/mol. The number of ether oxygens (including phenoxy) is 8. The molecule has 0 spiro atoms. The fourth-order valence-electron chi connectivity index (χ4n) is 6.02. The molecule has 0 N–H and O–H groups in total. The second-order valence-corrected chi connectivity index (χ2v) is 18.1. The molecule has 3 heterocycles. The van der Waals surface area contributed by atoms with Gasteiger partial charge in [-0.05, 0) is 0 Å². The van der Waals surface area contributed by atoms with Gasteiger partial charge in [-0.1, -0.05) is 0 Å². The van der Waals surface area contributed by atoms with Crippen LogP contribution in [0.25, 0.3) is 0 Å². The lowest BCUT2D eigenvalue weighted by molar-refractivity contribution is -0.778. The normalized spacial score (nSPS) is 32.9. The lowest BCUT2D eigenvalue weighted by Gasteiger charge is -2.50. The minimum absolute atomic E-state index is 0.373. The van der Waals surface area contributed by atoms with E-state index in [-0.39, 0.29) is 12.3 Å². The van der Waals surface area contributed by atoms with Crippen LogP contribution in [0.2, 0.25) is 0 Å². The quantitative estimate of drug-likeness (QED) is 0.0144. The highest BCUT2D eigenvalue weighted by molar-refractivity contribution is 7.90. The number of rotatable bonds is 34. The summed E-state index contributed by atoms with van der Waals surface area (Å²) in [5.41, 5.74) is 0. The summed E-state index contributed by atoms with van der Waals surface area (Å²) in [6, 6.07) is 0. The van der Waals surface area contributed by atoms with Crippen LogP contribution in [-0.4, -0.2) is 185 Å². The van der Waals surface area contributed by atoms with Gasteiger partial charge in [0.1, 0.15) is 61.0 Å². The molecule has 0 saturated carbocycles. The first-order chi connectivity index (χ1) is 32.4. The molecule has 0 radical (unpaired) electrons. The van der Waals surface area contributed by atoms with Crippen molar-refractivity contribution in [3.8, 4) is 0 Å². The first-order valence-corrected chi connectivity index (χ1v) is 24.9. The Morgan fingerprint density at radius 3 is 1.09 bits per heavy atom. The standard InChI is InChI=1S/C21H38O40S8/c1-38-13-10(7(4-41-66(26,27)28)44-19(40-3)16(13)39-2)47-21-18(53-69(35,36)37)14(50-63-59-55-23)11(8(45-21)5-42-67(29,30)31)48-20-17(52-65-61-57-25)15(51-64-60-56-24)12(49-62-58-54-22)9(46-20)6-43-68(32,33)34/h7-25H,4-6H2,1-3H3,(H,26,27,28)(H,29,30,31)(H,32,33,34)(H,35,36,37)/p-8/t7?,8?,9?,10-,11+,12+,13-,14?,15?,16?,17?,18?,19+,20+,21+/m0/s1. The van der Waals surface area contributed by atoms with Gasteiger partial charge in [0.15, 0.2) is 80.4 Å². The molecule has 3 aliphatic heterocycles. The van der Waals surface area contributed by atoms with Gasteiger partial charge in [0, 0.05) is 21.3 Å². The Balaban J connectivity index is 2.31. The van der Waals surface area contributed by atoms with Crippen LogP contribution in [0.15, 0.2) is 0 Å². The van der Waals surface area contributed by atoms with Crippen molar-refractivity contribution < 1.29 is 182 Å². The van der Waals surface area contributed by atoms with E-state index in [1.807, 2.05) is 0 Å². The van der Waals surface area contributed by atoms with Gasteiger partial charge in [0.05, 0.1) is 19.8 Å². The molecular weight excluding hydrogens is 1150 g/mol. The maximum Gasteiger partial charge on any atom is 0.218 e. The summed E-state index contributed by atoms with van der Waals surface area (Å²) in [7, 11) is -20.1. The second kappa shape index (κ2) is 30.5. The van der Waals surface area contributed by atoms with Crippen molar-refractivity contribution in [1.82, 2.24) is 0 Å². The summed E-state index contributed by atoms with van der Waals surface area (Å²) in [6.45, 7) is -4.37. The van der Waals surface area contributed by atoms with Gasteiger partial charge >= 0.3 is 0 Å². The topological polar surface area (TPSA) is 543 Å². The van der Waals surface area contributed by atoms with Crippen LogP contribution in [0.1, 0.15) is 0 Å². The SMILES string of the molecule is COC1[C@H](OC)OC(COS(=O)(=O)[O-])[C@H](O[C@H]2OC(COS(=O)(=O)[O-])[C@@H](O[C@H]3OC(COS(=O)(=O)[O-])[C@@H](OSOO[O-])C(OSOO[O-])C3OSOO[O-])C(OSOO[O-])C2OS(=O)(=O)[O-])[C@@H]1OC. The summed E-state index contributed by atoms with van der Waals surface area (Å²) in [5.74, 6) is 0. The Hall–Kier alpha value is -0.0800. The van der Waals surface area contributed by atoms with Crippen LogP contribution in [0.4, 0.5) is 0 Å². The molecule has 48 heteroatoms. The van der Waals surface area contributed by atoms with Gasteiger partial charge < -0.3 is 77.1 Å². The molecule has 69 heavy (non-hydrogen) atoms. The average Bonchev–Trinajstić information content (AvgIpc) is 3.26. The second-order valence-electron chi connectivity index (χ2n) is 12.1. The highest BCUT2D eigenvalue weighted by atomic mass is 32.3. The van der Waals surface area contributed by atoms with Crippen molar-refractivity contribution in [2.45, 2.75) is 92.1 Å². The van der Waals surface area contributed by atoms with Gasteiger partial charge in [0.2, 0.25) is 41.6 Å². The predicted octanol–water partition coefficient (Wildman–Crippen LogP) is -8.43. The van der Waals surface area contributed by atoms with Crippen molar-refractivity contribution in [2.75, 3.05) is 41.2 Å². The fourth-order valence-corrected chi connectivity index (χ4v) is 8.85. The van der Waals surface area contributed by atoms with E-state index in [2.05, 4.69) is 54.2 Å². The van der Waals surface area contributed by atoms with Crippen LogP contribution in [0, 0.1) is 0 Å². The largest absolute Gasteiger partial charge is 0.726 e. The smallest absolute Gasteiger partial charge is 0.218 e. The van der Waals surface area contributed by atoms with Crippen molar-refractivity contribution in [1.29, 1.82) is 0 Å². The first-order valence-electron chi connectivity index (χ1n) is 16.9. The van der Waals surface area contributed by atoms with E-state index in [9.17, 15) is 72.9 Å². The van der Waals surface area contributed by atoms with Crippen LogP contribution in [0.5, 0.6) is 0 Å². The van der Waals surface area contributed by atoms with Gasteiger partial charge in [-0.15, -0.1) is 17.3 Å². The molecule has 0 amide bonds. The Labute approximate surface area is 404 Å². The molecule has 0 aromatic heterocycles. The number of hydrogen-bond acceptors (Lipinski definition) is 44. The Morgan fingerprint density at radius 2 is 0.725 bits per heavy atom. The lowest BCUT2D eigenvalue weighted by atomic mass is 9.96. The molecular formula is C21H30O40S8-8. The minimum Gasteiger partial charge on any atom is -0.726 e. The molecule has 0 aliphatic carbocycles. The van der Waals surface area contributed by atoms with Gasteiger partial charge in [-0.3, -0.25) is 53.6 Å². The molecule has 15 atom stereocenters. The van der Waals surface area contributed by atoms with Crippen LogP contribution in [-0.2, 0) is 150 Å². The lowest BCUT2D eigenvalue weighted by Crippen LogP contribution is -2.68. The van der Waals surface area contributed by atoms with Gasteiger partial charge in [-0.2, -0.15) is 0 Å². The Morgan fingerprint density at radius 1 is 0.391 bits per heavy atom. The third-order valence-corrected chi connectivity index (χ3v) is 11.7. The summed E-state index contributed by atoms with van der Waals surface area (Å²) in [4.78, 5) is 0. The maximum atomic E-state index is 12.4. The summed E-state index contributed by atoms with van der Waals surface area (Å²) >= 11 is -1.76. The van der Waals surface area contributed by atoms with Crippen molar-refractivity contribution >= 4 is 90.9 Å². The van der Waals surface area contributed by atoms with E-state index in [0.29, 0.717) is 0 Å². The highest BCUT2D eigenvalue weighted by Crippen LogP contribution is 2.41. The monoisotopic (exact) mass is 1180 g/mol. The van der Waals surface area contributed by atoms with E-state index in [1.54, 1.807) is 0 Å². The number of hydrogen-bond donors (Lipinski definition) is 0. The summed E-state index contributed by atoms with van der Waals surface area (Å²) in [6.07, 6.45) is -32.7. The molecule has 40 nitrogen and oxygen atoms in total. The maximum absolute atomic E-state index is 12.4. The molecule has 3 rings (SSSR count). The van der Waals surface area contributed by atoms with Crippen LogP contribution in [0.3, 0.4) is 0 Å². The van der Waals surface area contributed by atoms with Crippen molar-refractivity contribution in [3.05, 3.63) is 0 Å². The summed E-state index contributed by atoms with van der Waals surface area (Å²) < 4.78 is 241. The summed E-state index contributed by atoms with van der Waals surface area (Å²) in [5, 5.41) is 55.3. The Bertz CT molecular complexity index is 1920. The fraction of sp³-hybridized carbons (Fsp3) is 1.00. The molecule has 0 aromatic carbocycles. The Kier molecular flexibility index (Phi) is 27.9. The van der Waals surface area contributed by atoms with E-state index in [0.717, 1.165) is 21.3 Å². The molecule has 8 unspecified atom stereocenters. The van der Waals surface area contributed by atoms with Crippen molar-refractivity contribution in [3.63, 3.8) is 0 Å². The molecule has 3 aliphatic rings. The van der Waals surface area contributed by atoms with E-state index in [4.69, 9.17) is 54.6 Å². The first kappa shape index (κ1) is 63.2. The zero-order valence-corrected chi connectivity index (χ0v) is 39.9.